The lowest BCUT2D eigenvalue weighted by molar-refractivity contribution is -0.114. The molecule has 0 aromatic heterocycles. The first-order valence-corrected chi connectivity index (χ1v) is 5.48. The van der Waals surface area contributed by atoms with Gasteiger partial charge in [0.15, 0.2) is 5.75 Å². The van der Waals surface area contributed by atoms with Crippen molar-refractivity contribution >= 4 is 34.9 Å². The number of rotatable bonds is 2. The van der Waals surface area contributed by atoms with Crippen molar-refractivity contribution in [2.45, 2.75) is 0 Å². The second-order valence-electron chi connectivity index (χ2n) is 3.58. The lowest BCUT2D eigenvalue weighted by Crippen LogP contribution is -2.28. The molecule has 1 aliphatic heterocycles. The standard InChI is InChI=1S/C11H11ClN2O4/c1-17-10-5(11(16)18-2)3-6(12)8-9(10)13-4-7(15)14-8/h3,13H,4H2,1-2H3,(H,14,15). The quantitative estimate of drug-likeness (QED) is 0.797. The Hall–Kier alpha value is -1.95. The van der Waals surface area contributed by atoms with E-state index in [4.69, 9.17) is 16.3 Å². The second-order valence-corrected chi connectivity index (χ2v) is 3.99. The van der Waals surface area contributed by atoms with Crippen molar-refractivity contribution in [3.05, 3.63) is 16.7 Å². The largest absolute Gasteiger partial charge is 0.494 e. The van der Waals surface area contributed by atoms with Crippen molar-refractivity contribution in [1.29, 1.82) is 0 Å². The number of amides is 1. The van der Waals surface area contributed by atoms with Gasteiger partial charge in [-0.25, -0.2) is 4.79 Å². The van der Waals surface area contributed by atoms with Crippen LogP contribution in [0.5, 0.6) is 5.75 Å². The predicted octanol–water partition coefficient (Wildman–Crippen LogP) is 1.50. The second kappa shape index (κ2) is 4.73. The fourth-order valence-electron chi connectivity index (χ4n) is 1.75. The van der Waals surface area contributed by atoms with Gasteiger partial charge < -0.3 is 20.1 Å². The van der Waals surface area contributed by atoms with Crippen molar-refractivity contribution in [3.63, 3.8) is 0 Å². The number of carbonyl (C=O) groups is 2. The zero-order chi connectivity index (χ0) is 13.3. The number of nitrogens with one attached hydrogen (secondary N) is 2. The van der Waals surface area contributed by atoms with Crippen molar-refractivity contribution < 1.29 is 19.1 Å². The number of fused-ring (bicyclic) bond motifs is 1. The molecule has 0 radical (unpaired) electrons. The normalized spacial score (nSPS) is 13.2. The van der Waals surface area contributed by atoms with Crippen LogP contribution in [0.25, 0.3) is 0 Å². The molecule has 2 N–H and O–H groups in total. The molecule has 7 heteroatoms. The fourth-order valence-corrected chi connectivity index (χ4v) is 2.00. The molecule has 0 saturated heterocycles. The highest BCUT2D eigenvalue weighted by Gasteiger charge is 2.26. The molecule has 1 aromatic carbocycles. The van der Waals surface area contributed by atoms with Crippen LogP contribution in [0.1, 0.15) is 10.4 Å². The number of methoxy groups -OCH3 is 2. The van der Waals surface area contributed by atoms with E-state index in [0.717, 1.165) is 0 Å². The molecule has 0 fully saturated rings. The number of halogens is 1. The molecule has 1 aliphatic rings. The van der Waals surface area contributed by atoms with Crippen molar-refractivity contribution in [2.24, 2.45) is 0 Å². The van der Waals surface area contributed by atoms with Gasteiger partial charge in [0.1, 0.15) is 11.3 Å². The van der Waals surface area contributed by atoms with Crippen LogP contribution in [-0.4, -0.2) is 32.6 Å². The zero-order valence-electron chi connectivity index (χ0n) is 9.80. The highest BCUT2D eigenvalue weighted by Crippen LogP contribution is 2.42. The number of hydrogen-bond donors (Lipinski definition) is 2. The molecule has 0 unspecified atom stereocenters. The van der Waals surface area contributed by atoms with Crippen molar-refractivity contribution in [3.8, 4) is 5.75 Å². The van der Waals surface area contributed by atoms with E-state index >= 15 is 0 Å². The van der Waals surface area contributed by atoms with E-state index in [1.54, 1.807) is 0 Å². The first kappa shape index (κ1) is 12.5. The Morgan fingerprint density at radius 1 is 1.39 bits per heavy atom. The minimum absolute atomic E-state index is 0.0876. The zero-order valence-corrected chi connectivity index (χ0v) is 10.6. The van der Waals surface area contributed by atoms with Crippen molar-refractivity contribution in [2.75, 3.05) is 31.4 Å². The monoisotopic (exact) mass is 270 g/mol. The third-order valence-electron chi connectivity index (χ3n) is 2.53. The summed E-state index contributed by atoms with van der Waals surface area (Å²) in [5.74, 6) is -0.478. The van der Waals surface area contributed by atoms with E-state index in [2.05, 4.69) is 15.4 Å². The van der Waals surface area contributed by atoms with E-state index in [0.29, 0.717) is 17.1 Å². The van der Waals surface area contributed by atoms with Crippen LogP contribution in [0.3, 0.4) is 0 Å². The Bertz CT molecular complexity index is 530. The number of ether oxygens (including phenoxy) is 2. The average Bonchev–Trinajstić information content (AvgIpc) is 2.38. The van der Waals surface area contributed by atoms with Crippen LogP contribution in [0.15, 0.2) is 6.07 Å². The molecule has 0 atom stereocenters. The Morgan fingerprint density at radius 2 is 2.11 bits per heavy atom. The van der Waals surface area contributed by atoms with Crippen LogP contribution in [0, 0.1) is 0 Å². The van der Waals surface area contributed by atoms with Crippen LogP contribution in [-0.2, 0) is 9.53 Å². The van der Waals surface area contributed by atoms with Gasteiger partial charge in [-0.2, -0.15) is 0 Å². The summed E-state index contributed by atoms with van der Waals surface area (Å²) in [4.78, 5) is 22.9. The highest BCUT2D eigenvalue weighted by atomic mass is 35.5. The summed E-state index contributed by atoms with van der Waals surface area (Å²) in [6.07, 6.45) is 0. The molecule has 0 bridgehead atoms. The first-order valence-electron chi connectivity index (χ1n) is 5.11. The Kier molecular flexibility index (Phi) is 3.29. The van der Waals surface area contributed by atoms with Gasteiger partial charge in [0.2, 0.25) is 5.91 Å². The maximum atomic E-state index is 11.6. The van der Waals surface area contributed by atoms with E-state index in [1.165, 1.54) is 20.3 Å². The fraction of sp³-hybridized carbons (Fsp3) is 0.273. The summed E-state index contributed by atoms with van der Waals surface area (Å²) in [6.45, 7) is 0.0876. The van der Waals surface area contributed by atoms with Crippen LogP contribution in [0.2, 0.25) is 5.02 Å². The molecule has 1 heterocycles. The maximum absolute atomic E-state index is 11.6. The Labute approximate surface area is 108 Å². The maximum Gasteiger partial charge on any atom is 0.341 e. The van der Waals surface area contributed by atoms with Gasteiger partial charge >= 0.3 is 5.97 Å². The molecule has 6 nitrogen and oxygen atoms in total. The summed E-state index contributed by atoms with van der Waals surface area (Å²) in [5.41, 5.74) is 1.08. The molecule has 18 heavy (non-hydrogen) atoms. The average molecular weight is 271 g/mol. The van der Waals surface area contributed by atoms with Gasteiger partial charge in [-0.3, -0.25) is 4.79 Å². The van der Waals surface area contributed by atoms with E-state index in [9.17, 15) is 9.59 Å². The highest BCUT2D eigenvalue weighted by molar-refractivity contribution is 6.35. The SMILES string of the molecule is COC(=O)c1cc(Cl)c2c(c1OC)NCC(=O)N2. The minimum atomic E-state index is -0.560. The van der Waals surface area contributed by atoms with Crippen molar-refractivity contribution in [1.82, 2.24) is 0 Å². The lowest BCUT2D eigenvalue weighted by Gasteiger charge is -2.23. The van der Waals surface area contributed by atoms with E-state index < -0.39 is 5.97 Å². The van der Waals surface area contributed by atoms with Gasteiger partial charge in [-0.1, -0.05) is 11.6 Å². The molecule has 0 aliphatic carbocycles. The smallest absolute Gasteiger partial charge is 0.341 e. The third kappa shape index (κ3) is 1.95. The van der Waals surface area contributed by atoms with Crippen LogP contribution in [0.4, 0.5) is 11.4 Å². The molecule has 2 rings (SSSR count). The summed E-state index contributed by atoms with van der Waals surface area (Å²) in [6, 6.07) is 1.40. The molecule has 1 aromatic rings. The Balaban J connectivity index is 2.63. The predicted molar refractivity (Wildman–Crippen MR) is 66.5 cm³/mol. The summed E-state index contributed by atoms with van der Waals surface area (Å²) >= 11 is 6.02. The van der Waals surface area contributed by atoms with E-state index in [-0.39, 0.29) is 23.0 Å². The summed E-state index contributed by atoms with van der Waals surface area (Å²) in [7, 11) is 2.69. The van der Waals surface area contributed by atoms with Gasteiger partial charge in [0, 0.05) is 0 Å². The summed E-state index contributed by atoms with van der Waals surface area (Å²) < 4.78 is 9.84. The topological polar surface area (TPSA) is 76.7 Å². The van der Waals surface area contributed by atoms with Gasteiger partial charge in [-0.15, -0.1) is 0 Å². The molecule has 96 valence electrons. The number of carbonyl (C=O) groups excluding carboxylic acids is 2. The van der Waals surface area contributed by atoms with Crippen LogP contribution >= 0.6 is 11.6 Å². The summed E-state index contributed by atoms with van der Waals surface area (Å²) in [5, 5.41) is 5.73. The lowest BCUT2D eigenvalue weighted by atomic mass is 10.1. The van der Waals surface area contributed by atoms with E-state index in [1.807, 2.05) is 0 Å². The first-order chi connectivity index (χ1) is 8.58. The minimum Gasteiger partial charge on any atom is -0.494 e. The number of esters is 1. The molecule has 0 saturated carbocycles. The van der Waals surface area contributed by atoms with Gasteiger partial charge in [0.25, 0.3) is 0 Å². The van der Waals surface area contributed by atoms with Gasteiger partial charge in [-0.05, 0) is 6.07 Å². The van der Waals surface area contributed by atoms with Gasteiger partial charge in [0.05, 0.1) is 31.5 Å². The number of benzene rings is 1. The Morgan fingerprint density at radius 3 is 2.72 bits per heavy atom. The molecular weight excluding hydrogens is 260 g/mol. The third-order valence-corrected chi connectivity index (χ3v) is 2.83. The number of anilines is 2. The molecular formula is C11H11ClN2O4. The number of hydrogen-bond acceptors (Lipinski definition) is 5. The van der Waals surface area contributed by atoms with Crippen LogP contribution < -0.4 is 15.4 Å². The molecule has 0 spiro atoms. The molecule has 1 amide bonds.